The Labute approximate surface area is 109 Å². The van der Waals surface area contributed by atoms with Gasteiger partial charge in [0.15, 0.2) is 0 Å². The Hall–Kier alpha value is -1.51. The Kier molecular flexibility index (Phi) is 3.90. The summed E-state index contributed by atoms with van der Waals surface area (Å²) in [5.41, 5.74) is 1.73. The molecule has 1 saturated carbocycles. The van der Waals surface area contributed by atoms with Crippen LogP contribution in [0.25, 0.3) is 0 Å². The molecule has 3 heteroatoms. The fraction of sp³-hybridized carbons (Fsp3) is 0.533. The molecule has 1 N–H and O–H groups in total. The Morgan fingerprint density at radius 3 is 2.61 bits per heavy atom. The first kappa shape index (κ1) is 12.9. The minimum absolute atomic E-state index is 0.0590. The molecule has 1 fully saturated rings. The van der Waals surface area contributed by atoms with E-state index in [9.17, 15) is 4.79 Å². The van der Waals surface area contributed by atoms with Crippen molar-refractivity contribution in [3.8, 4) is 0 Å². The van der Waals surface area contributed by atoms with Gasteiger partial charge in [-0.15, -0.1) is 0 Å². The monoisotopic (exact) mass is 246 g/mol. The van der Waals surface area contributed by atoms with E-state index in [2.05, 4.69) is 12.2 Å². The summed E-state index contributed by atoms with van der Waals surface area (Å²) < 4.78 is 0. The van der Waals surface area contributed by atoms with Crippen LogP contribution in [-0.2, 0) is 0 Å². The van der Waals surface area contributed by atoms with Crippen LogP contribution in [0.3, 0.4) is 0 Å². The van der Waals surface area contributed by atoms with Crippen molar-refractivity contribution in [3.05, 3.63) is 29.8 Å². The fourth-order valence-electron chi connectivity index (χ4n) is 2.60. The summed E-state index contributed by atoms with van der Waals surface area (Å²) in [6.07, 6.45) is 3.76. The SMILES string of the molecule is CC1CCCC1Nc1ccccc1C(=O)N(C)C. The first-order valence-corrected chi connectivity index (χ1v) is 6.67. The molecule has 1 aliphatic carbocycles. The molecule has 1 aliphatic rings. The van der Waals surface area contributed by atoms with E-state index in [1.807, 2.05) is 24.3 Å². The van der Waals surface area contributed by atoms with Crippen molar-refractivity contribution in [1.29, 1.82) is 0 Å². The van der Waals surface area contributed by atoms with Crippen molar-refractivity contribution >= 4 is 11.6 Å². The van der Waals surface area contributed by atoms with Gasteiger partial charge in [0.1, 0.15) is 0 Å². The zero-order valence-electron chi connectivity index (χ0n) is 11.4. The molecule has 1 amide bonds. The van der Waals surface area contributed by atoms with E-state index in [1.165, 1.54) is 19.3 Å². The second kappa shape index (κ2) is 5.42. The highest BCUT2D eigenvalue weighted by atomic mass is 16.2. The van der Waals surface area contributed by atoms with Gasteiger partial charge in [-0.2, -0.15) is 0 Å². The van der Waals surface area contributed by atoms with Gasteiger partial charge in [-0.25, -0.2) is 0 Å². The maximum Gasteiger partial charge on any atom is 0.255 e. The molecule has 0 bridgehead atoms. The first-order valence-electron chi connectivity index (χ1n) is 6.67. The number of hydrogen-bond acceptors (Lipinski definition) is 2. The number of para-hydroxylation sites is 1. The Balaban J connectivity index is 2.19. The Morgan fingerprint density at radius 1 is 1.28 bits per heavy atom. The molecule has 2 rings (SSSR count). The predicted octanol–water partition coefficient (Wildman–Crippen LogP) is 2.99. The second-order valence-corrected chi connectivity index (χ2v) is 5.40. The highest BCUT2D eigenvalue weighted by molar-refractivity contribution is 5.99. The lowest BCUT2D eigenvalue weighted by Gasteiger charge is -2.21. The number of hydrogen-bond donors (Lipinski definition) is 1. The molecular formula is C15H22N2O. The smallest absolute Gasteiger partial charge is 0.255 e. The van der Waals surface area contributed by atoms with E-state index < -0.39 is 0 Å². The summed E-state index contributed by atoms with van der Waals surface area (Å²) in [5.74, 6) is 0.747. The van der Waals surface area contributed by atoms with Crippen LogP contribution < -0.4 is 5.32 Å². The van der Waals surface area contributed by atoms with E-state index in [-0.39, 0.29) is 5.91 Å². The van der Waals surface area contributed by atoms with Gasteiger partial charge in [-0.3, -0.25) is 4.79 Å². The standard InChI is InChI=1S/C15H22N2O/c1-11-7-6-10-13(11)16-14-9-5-4-8-12(14)15(18)17(2)3/h4-5,8-9,11,13,16H,6-7,10H2,1-3H3. The lowest BCUT2D eigenvalue weighted by molar-refractivity contribution is 0.0828. The molecule has 18 heavy (non-hydrogen) atoms. The quantitative estimate of drug-likeness (QED) is 0.889. The minimum Gasteiger partial charge on any atom is -0.381 e. The molecule has 0 saturated heterocycles. The van der Waals surface area contributed by atoms with Crippen LogP contribution in [0.4, 0.5) is 5.69 Å². The molecule has 0 spiro atoms. The number of carbonyl (C=O) groups is 1. The van der Waals surface area contributed by atoms with E-state index >= 15 is 0 Å². The molecule has 0 radical (unpaired) electrons. The number of rotatable bonds is 3. The van der Waals surface area contributed by atoms with E-state index in [0.29, 0.717) is 12.0 Å². The van der Waals surface area contributed by atoms with Crippen LogP contribution >= 0.6 is 0 Å². The second-order valence-electron chi connectivity index (χ2n) is 5.40. The number of amides is 1. The zero-order chi connectivity index (χ0) is 13.1. The molecule has 1 aromatic carbocycles. The van der Waals surface area contributed by atoms with Crippen LogP contribution in [0, 0.1) is 5.92 Å². The summed E-state index contributed by atoms with van der Waals surface area (Å²) in [4.78, 5) is 13.7. The highest BCUT2D eigenvalue weighted by Crippen LogP contribution is 2.29. The van der Waals surface area contributed by atoms with Crippen molar-refractivity contribution in [2.24, 2.45) is 5.92 Å². The maximum absolute atomic E-state index is 12.1. The number of nitrogens with zero attached hydrogens (tertiary/aromatic N) is 1. The van der Waals surface area contributed by atoms with Crippen LogP contribution in [0.15, 0.2) is 24.3 Å². The number of carbonyl (C=O) groups excluding carboxylic acids is 1. The molecular weight excluding hydrogens is 224 g/mol. The third kappa shape index (κ3) is 2.66. The van der Waals surface area contributed by atoms with Gasteiger partial charge in [-0.05, 0) is 30.9 Å². The largest absolute Gasteiger partial charge is 0.381 e. The fourth-order valence-corrected chi connectivity index (χ4v) is 2.60. The third-order valence-corrected chi connectivity index (χ3v) is 3.77. The lowest BCUT2D eigenvalue weighted by Crippen LogP contribution is -2.26. The van der Waals surface area contributed by atoms with Crippen LogP contribution in [0.5, 0.6) is 0 Å². The topological polar surface area (TPSA) is 32.3 Å². The molecule has 2 atom stereocenters. The summed E-state index contributed by atoms with van der Waals surface area (Å²) in [5, 5.41) is 3.55. The van der Waals surface area contributed by atoms with Gasteiger partial charge < -0.3 is 10.2 Å². The van der Waals surface area contributed by atoms with Crippen molar-refractivity contribution < 1.29 is 4.79 Å². The minimum atomic E-state index is 0.0590. The predicted molar refractivity (Wildman–Crippen MR) is 74.9 cm³/mol. The zero-order valence-corrected chi connectivity index (χ0v) is 11.4. The van der Waals surface area contributed by atoms with Gasteiger partial charge in [0, 0.05) is 25.8 Å². The van der Waals surface area contributed by atoms with Crippen LogP contribution in [0.1, 0.15) is 36.5 Å². The summed E-state index contributed by atoms with van der Waals surface area (Å²) in [6, 6.07) is 8.29. The third-order valence-electron chi connectivity index (χ3n) is 3.77. The van der Waals surface area contributed by atoms with Gasteiger partial charge in [0.2, 0.25) is 0 Å². The normalized spacial score (nSPS) is 22.8. The molecule has 0 aromatic heterocycles. The highest BCUT2D eigenvalue weighted by Gasteiger charge is 2.24. The molecule has 3 nitrogen and oxygen atoms in total. The lowest BCUT2D eigenvalue weighted by atomic mass is 10.0. The first-order chi connectivity index (χ1) is 8.59. The molecule has 2 unspecified atom stereocenters. The Morgan fingerprint density at radius 2 is 2.00 bits per heavy atom. The van der Waals surface area contributed by atoms with Gasteiger partial charge >= 0.3 is 0 Å². The van der Waals surface area contributed by atoms with Crippen LogP contribution in [-0.4, -0.2) is 30.9 Å². The average molecular weight is 246 g/mol. The molecule has 98 valence electrons. The van der Waals surface area contributed by atoms with E-state index in [1.54, 1.807) is 19.0 Å². The maximum atomic E-state index is 12.1. The number of nitrogens with one attached hydrogen (secondary N) is 1. The molecule has 1 aromatic rings. The van der Waals surface area contributed by atoms with Gasteiger partial charge in [0.05, 0.1) is 5.56 Å². The summed E-state index contributed by atoms with van der Waals surface area (Å²) in [6.45, 7) is 2.28. The van der Waals surface area contributed by atoms with Crippen LogP contribution in [0.2, 0.25) is 0 Å². The number of benzene rings is 1. The van der Waals surface area contributed by atoms with Crippen molar-refractivity contribution in [2.45, 2.75) is 32.2 Å². The van der Waals surface area contributed by atoms with Crippen molar-refractivity contribution in [1.82, 2.24) is 4.90 Å². The van der Waals surface area contributed by atoms with Crippen molar-refractivity contribution in [2.75, 3.05) is 19.4 Å². The average Bonchev–Trinajstić information content (AvgIpc) is 2.75. The number of anilines is 1. The summed E-state index contributed by atoms with van der Waals surface area (Å²) in [7, 11) is 3.58. The van der Waals surface area contributed by atoms with Gasteiger partial charge in [0.25, 0.3) is 5.91 Å². The molecule has 0 aliphatic heterocycles. The summed E-state index contributed by atoms with van der Waals surface area (Å²) >= 11 is 0. The Bertz CT molecular complexity index is 428. The van der Waals surface area contributed by atoms with Crippen molar-refractivity contribution in [3.63, 3.8) is 0 Å². The van der Waals surface area contributed by atoms with Gasteiger partial charge in [-0.1, -0.05) is 25.5 Å². The molecule has 0 heterocycles. The van der Waals surface area contributed by atoms with E-state index in [0.717, 1.165) is 11.3 Å². The van der Waals surface area contributed by atoms with E-state index in [4.69, 9.17) is 0 Å².